The Labute approximate surface area is 146 Å². The third kappa shape index (κ3) is 3.34. The third-order valence-electron chi connectivity index (χ3n) is 3.60. The number of nitro groups is 1. The smallest absolute Gasteiger partial charge is 0.272 e. The largest absolute Gasteiger partial charge is 0.366 e. The van der Waals surface area contributed by atoms with Gasteiger partial charge < -0.3 is 9.80 Å². The number of rotatable bonds is 3. The molecule has 0 amide bonds. The van der Waals surface area contributed by atoms with Crippen LogP contribution in [0.5, 0.6) is 0 Å². The zero-order valence-electron chi connectivity index (χ0n) is 12.2. The van der Waals surface area contributed by atoms with Crippen molar-refractivity contribution in [3.05, 3.63) is 38.1 Å². The highest BCUT2D eigenvalue weighted by Crippen LogP contribution is 2.38. The Bertz CT molecular complexity index is 723. The average Bonchev–Trinajstić information content (AvgIpc) is 2.93. The minimum absolute atomic E-state index is 0.105. The van der Waals surface area contributed by atoms with Crippen LogP contribution in [0.3, 0.4) is 0 Å². The lowest BCUT2D eigenvalue weighted by molar-refractivity contribution is -0.384. The van der Waals surface area contributed by atoms with Gasteiger partial charge >= 0.3 is 0 Å². The van der Waals surface area contributed by atoms with Crippen molar-refractivity contribution in [1.82, 2.24) is 9.36 Å². The molecule has 2 aromatic rings. The summed E-state index contributed by atoms with van der Waals surface area (Å²) in [5.74, 6) is 0.772. The van der Waals surface area contributed by atoms with Crippen molar-refractivity contribution >= 4 is 51.2 Å². The monoisotopic (exact) mass is 373 g/mol. The molecule has 23 heavy (non-hydrogen) atoms. The lowest BCUT2D eigenvalue weighted by Crippen LogP contribution is -2.46. The second-order valence-electron chi connectivity index (χ2n) is 5.11. The predicted molar refractivity (Wildman–Crippen MR) is 92.2 cm³/mol. The van der Waals surface area contributed by atoms with Gasteiger partial charge in [0, 0.05) is 49.8 Å². The van der Waals surface area contributed by atoms with Crippen LogP contribution in [0.2, 0.25) is 10.0 Å². The van der Waals surface area contributed by atoms with Gasteiger partial charge in [-0.05, 0) is 6.92 Å². The number of nitrogens with zero attached hydrogens (tertiary/aromatic N) is 5. The highest BCUT2D eigenvalue weighted by atomic mass is 35.5. The van der Waals surface area contributed by atoms with E-state index in [4.69, 9.17) is 23.2 Å². The van der Waals surface area contributed by atoms with E-state index in [2.05, 4.69) is 14.3 Å². The summed E-state index contributed by atoms with van der Waals surface area (Å²) in [5, 5.41) is 12.3. The first-order chi connectivity index (χ1) is 11.0. The van der Waals surface area contributed by atoms with E-state index in [1.54, 1.807) is 0 Å². The van der Waals surface area contributed by atoms with Crippen LogP contribution in [-0.2, 0) is 0 Å². The first kappa shape index (κ1) is 16.2. The Balaban J connectivity index is 1.76. The summed E-state index contributed by atoms with van der Waals surface area (Å²) in [7, 11) is 0. The molecule has 7 nitrogen and oxygen atoms in total. The van der Waals surface area contributed by atoms with Gasteiger partial charge in [0.25, 0.3) is 5.69 Å². The standard InChI is InChI=1S/C13H13Cl2N5O2S/c1-8-16-13(23-17-8)19-4-2-18(3-5-19)12-10(14)6-9(20(21)22)7-11(12)15/h6-7H,2-5H2,1H3. The first-order valence-electron chi connectivity index (χ1n) is 6.89. The van der Waals surface area contributed by atoms with Gasteiger partial charge in [0.15, 0.2) is 0 Å². The first-order valence-corrected chi connectivity index (χ1v) is 8.42. The van der Waals surface area contributed by atoms with E-state index >= 15 is 0 Å². The van der Waals surface area contributed by atoms with Crippen LogP contribution in [0.1, 0.15) is 5.82 Å². The van der Waals surface area contributed by atoms with Gasteiger partial charge in [-0.2, -0.15) is 4.37 Å². The maximum atomic E-state index is 10.9. The molecule has 1 aromatic carbocycles. The number of benzene rings is 1. The molecule has 0 spiro atoms. The molecule has 0 aliphatic carbocycles. The molecule has 0 bridgehead atoms. The Morgan fingerprint density at radius 2 is 1.74 bits per heavy atom. The van der Waals surface area contributed by atoms with E-state index < -0.39 is 4.92 Å². The van der Waals surface area contributed by atoms with E-state index in [1.165, 1.54) is 23.7 Å². The molecule has 0 unspecified atom stereocenters. The molecule has 1 aliphatic rings. The van der Waals surface area contributed by atoms with Crippen LogP contribution < -0.4 is 9.80 Å². The number of anilines is 2. The predicted octanol–water partition coefficient (Wildman–Crippen LogP) is 3.39. The van der Waals surface area contributed by atoms with E-state index in [1.807, 2.05) is 11.8 Å². The summed E-state index contributed by atoms with van der Waals surface area (Å²) in [6.07, 6.45) is 0. The number of hydrogen-bond donors (Lipinski definition) is 0. The minimum Gasteiger partial charge on any atom is -0.366 e. The van der Waals surface area contributed by atoms with Crippen LogP contribution in [0.15, 0.2) is 12.1 Å². The van der Waals surface area contributed by atoms with Crippen LogP contribution in [0, 0.1) is 17.0 Å². The van der Waals surface area contributed by atoms with Crippen LogP contribution in [-0.4, -0.2) is 40.5 Å². The van der Waals surface area contributed by atoms with Crippen molar-refractivity contribution in [1.29, 1.82) is 0 Å². The van der Waals surface area contributed by atoms with Crippen molar-refractivity contribution in [2.45, 2.75) is 6.92 Å². The second-order valence-corrected chi connectivity index (χ2v) is 6.66. The highest BCUT2D eigenvalue weighted by molar-refractivity contribution is 7.09. The maximum absolute atomic E-state index is 10.9. The lowest BCUT2D eigenvalue weighted by Gasteiger charge is -2.36. The van der Waals surface area contributed by atoms with Crippen molar-refractivity contribution < 1.29 is 4.92 Å². The molecule has 122 valence electrons. The molecule has 0 N–H and O–H groups in total. The van der Waals surface area contributed by atoms with Gasteiger partial charge in [-0.1, -0.05) is 23.2 Å². The molecule has 1 fully saturated rings. The number of aryl methyl sites for hydroxylation is 1. The minimum atomic E-state index is -0.503. The molecule has 0 atom stereocenters. The number of nitro benzene ring substituents is 1. The molecule has 2 heterocycles. The van der Waals surface area contributed by atoms with Gasteiger partial charge in [0.1, 0.15) is 5.82 Å². The molecule has 0 saturated carbocycles. The molecule has 1 saturated heterocycles. The summed E-state index contributed by atoms with van der Waals surface area (Å²) >= 11 is 13.8. The number of aromatic nitrogens is 2. The van der Waals surface area contributed by atoms with E-state index in [0.29, 0.717) is 28.8 Å². The van der Waals surface area contributed by atoms with Gasteiger partial charge in [0.05, 0.1) is 20.7 Å². The van der Waals surface area contributed by atoms with Gasteiger partial charge in [-0.15, -0.1) is 0 Å². The molecular weight excluding hydrogens is 361 g/mol. The zero-order chi connectivity index (χ0) is 16.6. The van der Waals surface area contributed by atoms with Crippen LogP contribution in [0.4, 0.5) is 16.5 Å². The van der Waals surface area contributed by atoms with Crippen molar-refractivity contribution in [2.24, 2.45) is 0 Å². The number of halogens is 2. The fourth-order valence-corrected chi connectivity index (χ4v) is 3.94. The van der Waals surface area contributed by atoms with Gasteiger partial charge in [0.2, 0.25) is 5.13 Å². The Hall–Kier alpha value is -1.64. The zero-order valence-corrected chi connectivity index (χ0v) is 14.5. The lowest BCUT2D eigenvalue weighted by atomic mass is 10.2. The molecule has 0 radical (unpaired) electrons. The summed E-state index contributed by atoms with van der Waals surface area (Å²) in [6, 6.07) is 2.67. The Kier molecular flexibility index (Phi) is 4.56. The fourth-order valence-electron chi connectivity index (χ4n) is 2.50. The van der Waals surface area contributed by atoms with Gasteiger partial charge in [-0.3, -0.25) is 10.1 Å². The molecule has 3 rings (SSSR count). The number of piperazine rings is 1. The summed E-state index contributed by atoms with van der Waals surface area (Å²) in [5.41, 5.74) is 0.541. The van der Waals surface area contributed by atoms with Crippen LogP contribution in [0.25, 0.3) is 0 Å². The van der Waals surface area contributed by atoms with Gasteiger partial charge in [-0.25, -0.2) is 4.98 Å². The Morgan fingerprint density at radius 1 is 1.17 bits per heavy atom. The third-order valence-corrected chi connectivity index (χ3v) is 5.04. The number of non-ortho nitro benzene ring substituents is 1. The molecule has 1 aromatic heterocycles. The van der Waals surface area contributed by atoms with Crippen molar-refractivity contribution in [3.8, 4) is 0 Å². The normalized spacial score (nSPS) is 15.1. The van der Waals surface area contributed by atoms with Crippen molar-refractivity contribution in [3.63, 3.8) is 0 Å². The van der Waals surface area contributed by atoms with Crippen LogP contribution >= 0.6 is 34.7 Å². The van der Waals surface area contributed by atoms with Crippen molar-refractivity contribution in [2.75, 3.05) is 36.0 Å². The Morgan fingerprint density at radius 3 is 2.22 bits per heavy atom. The maximum Gasteiger partial charge on any atom is 0.272 e. The quantitative estimate of drug-likeness (QED) is 0.606. The topological polar surface area (TPSA) is 75.4 Å². The molecular formula is C13H13Cl2N5O2S. The average molecular weight is 374 g/mol. The summed E-state index contributed by atoms with van der Waals surface area (Å²) < 4.78 is 4.19. The SMILES string of the molecule is Cc1nsc(N2CCN(c3c(Cl)cc([N+](=O)[O-])cc3Cl)CC2)n1. The summed E-state index contributed by atoms with van der Waals surface area (Å²) in [6.45, 7) is 4.80. The second kappa shape index (κ2) is 6.46. The number of hydrogen-bond acceptors (Lipinski definition) is 7. The fraction of sp³-hybridized carbons (Fsp3) is 0.385. The highest BCUT2D eigenvalue weighted by Gasteiger charge is 2.24. The summed E-state index contributed by atoms with van der Waals surface area (Å²) in [4.78, 5) is 18.9. The van der Waals surface area contributed by atoms with E-state index in [-0.39, 0.29) is 5.69 Å². The molecule has 1 aliphatic heterocycles. The molecule has 10 heteroatoms. The van der Waals surface area contributed by atoms with E-state index in [0.717, 1.165) is 24.0 Å². The van der Waals surface area contributed by atoms with E-state index in [9.17, 15) is 10.1 Å².